The Morgan fingerprint density at radius 2 is 2.21 bits per heavy atom. The molecule has 0 saturated carbocycles. The zero-order valence-corrected chi connectivity index (χ0v) is 7.71. The maximum absolute atomic E-state index is 12.9. The van der Waals surface area contributed by atoms with Gasteiger partial charge in [-0.15, -0.1) is 0 Å². The Bertz CT molecular complexity index is 462. The number of benzene rings is 1. The summed E-state index contributed by atoms with van der Waals surface area (Å²) in [5.41, 5.74) is 7.28. The van der Waals surface area contributed by atoms with Gasteiger partial charge in [-0.2, -0.15) is 0 Å². The highest BCUT2D eigenvalue weighted by Gasteiger charge is 2.03. The number of nitrogens with two attached hydrogens (primary N) is 1. The summed E-state index contributed by atoms with van der Waals surface area (Å²) < 4.78 is 12.9. The topological polar surface area (TPSA) is 54.7 Å². The average Bonchev–Trinajstić information content (AvgIpc) is 2.57. The van der Waals surface area contributed by atoms with Gasteiger partial charge >= 0.3 is 0 Å². The molecule has 0 bridgehead atoms. The lowest BCUT2D eigenvalue weighted by Gasteiger charge is -2.00. The molecule has 0 amide bonds. The summed E-state index contributed by atoms with van der Waals surface area (Å²) in [6.45, 7) is 1.86. The molecule has 0 saturated heterocycles. The number of halogens is 1. The van der Waals surface area contributed by atoms with Gasteiger partial charge in [0, 0.05) is 5.56 Å². The lowest BCUT2D eigenvalue weighted by molar-refractivity contribution is 0.632. The number of H-pyrrole nitrogens is 1. The molecule has 0 spiro atoms. The van der Waals surface area contributed by atoms with Crippen molar-refractivity contribution in [3.63, 3.8) is 0 Å². The highest BCUT2D eigenvalue weighted by Crippen LogP contribution is 2.21. The van der Waals surface area contributed by atoms with E-state index in [1.54, 1.807) is 18.3 Å². The molecule has 0 unspecified atom stereocenters. The Morgan fingerprint density at radius 1 is 1.43 bits per heavy atom. The van der Waals surface area contributed by atoms with Crippen LogP contribution < -0.4 is 5.73 Å². The van der Waals surface area contributed by atoms with E-state index in [9.17, 15) is 4.39 Å². The third-order valence-corrected chi connectivity index (χ3v) is 2.01. The molecular formula is C10H10FN3. The molecule has 2 rings (SSSR count). The largest absolute Gasteiger partial charge is 0.396 e. The minimum atomic E-state index is -0.398. The number of nitrogens with one attached hydrogen (secondary N) is 1. The molecule has 3 N–H and O–H groups in total. The van der Waals surface area contributed by atoms with Crippen molar-refractivity contribution in [1.82, 2.24) is 9.97 Å². The predicted molar refractivity (Wildman–Crippen MR) is 53.1 cm³/mol. The molecule has 2 aromatic rings. The van der Waals surface area contributed by atoms with Gasteiger partial charge in [0.1, 0.15) is 11.6 Å². The van der Waals surface area contributed by atoms with Gasteiger partial charge in [0.2, 0.25) is 0 Å². The standard InChI is InChI=1S/C10H10FN3/c1-6-13-5-10(14-6)7-2-3-8(11)9(12)4-7/h2-5H,12H2,1H3,(H,13,14). The third kappa shape index (κ3) is 1.46. The van der Waals surface area contributed by atoms with Gasteiger partial charge in [-0.25, -0.2) is 9.37 Å². The van der Waals surface area contributed by atoms with Crippen LogP contribution in [0.2, 0.25) is 0 Å². The summed E-state index contributed by atoms with van der Waals surface area (Å²) in [5.74, 6) is 0.424. The lowest BCUT2D eigenvalue weighted by atomic mass is 10.1. The normalized spacial score (nSPS) is 10.4. The number of rotatable bonds is 1. The first-order chi connectivity index (χ1) is 6.66. The summed E-state index contributed by atoms with van der Waals surface area (Å²) in [7, 11) is 0. The van der Waals surface area contributed by atoms with Gasteiger partial charge in [-0.05, 0) is 25.1 Å². The van der Waals surface area contributed by atoms with Crippen LogP contribution in [0.1, 0.15) is 5.82 Å². The maximum Gasteiger partial charge on any atom is 0.146 e. The van der Waals surface area contributed by atoms with Crippen LogP contribution in [0.15, 0.2) is 24.4 Å². The fourth-order valence-electron chi connectivity index (χ4n) is 1.28. The second-order valence-corrected chi connectivity index (χ2v) is 3.12. The van der Waals surface area contributed by atoms with E-state index in [1.807, 2.05) is 6.92 Å². The van der Waals surface area contributed by atoms with Gasteiger partial charge in [-0.1, -0.05) is 0 Å². The smallest absolute Gasteiger partial charge is 0.146 e. The van der Waals surface area contributed by atoms with Crippen LogP contribution in [0.25, 0.3) is 11.3 Å². The van der Waals surface area contributed by atoms with E-state index in [0.29, 0.717) is 0 Å². The van der Waals surface area contributed by atoms with Crippen LogP contribution in [-0.4, -0.2) is 9.97 Å². The number of hydrogen-bond acceptors (Lipinski definition) is 2. The summed E-state index contributed by atoms with van der Waals surface area (Å²) in [5, 5.41) is 0. The van der Waals surface area contributed by atoms with Crippen LogP contribution in [0, 0.1) is 12.7 Å². The molecule has 0 atom stereocenters. The zero-order chi connectivity index (χ0) is 10.1. The molecule has 1 aromatic carbocycles. The SMILES string of the molecule is Cc1ncc(-c2ccc(F)c(N)c2)[nH]1. The number of aromatic nitrogens is 2. The van der Waals surface area contributed by atoms with Gasteiger partial charge < -0.3 is 10.7 Å². The fourth-order valence-corrected chi connectivity index (χ4v) is 1.28. The number of aryl methyl sites for hydroxylation is 1. The zero-order valence-electron chi connectivity index (χ0n) is 7.71. The Balaban J connectivity index is 2.47. The fraction of sp³-hybridized carbons (Fsp3) is 0.100. The predicted octanol–water partition coefficient (Wildman–Crippen LogP) is 2.11. The second kappa shape index (κ2) is 3.14. The molecular weight excluding hydrogens is 181 g/mol. The van der Waals surface area contributed by atoms with Crippen LogP contribution in [0.4, 0.5) is 10.1 Å². The molecule has 1 aromatic heterocycles. The van der Waals surface area contributed by atoms with Gasteiger partial charge in [0.25, 0.3) is 0 Å². The van der Waals surface area contributed by atoms with Gasteiger partial charge in [0.05, 0.1) is 17.6 Å². The van der Waals surface area contributed by atoms with E-state index < -0.39 is 5.82 Å². The average molecular weight is 191 g/mol. The summed E-state index contributed by atoms with van der Waals surface area (Å²) in [6.07, 6.45) is 1.70. The summed E-state index contributed by atoms with van der Waals surface area (Å²) in [4.78, 5) is 7.10. The lowest BCUT2D eigenvalue weighted by Crippen LogP contribution is -1.90. The maximum atomic E-state index is 12.9. The van der Waals surface area contributed by atoms with Crippen LogP contribution in [0.3, 0.4) is 0 Å². The molecule has 0 aliphatic heterocycles. The van der Waals surface area contributed by atoms with E-state index in [1.165, 1.54) is 6.07 Å². The van der Waals surface area contributed by atoms with E-state index >= 15 is 0 Å². The van der Waals surface area contributed by atoms with E-state index in [-0.39, 0.29) is 5.69 Å². The van der Waals surface area contributed by atoms with Crippen molar-refractivity contribution in [3.05, 3.63) is 36.0 Å². The second-order valence-electron chi connectivity index (χ2n) is 3.12. The van der Waals surface area contributed by atoms with Crippen LogP contribution in [-0.2, 0) is 0 Å². The Labute approximate surface area is 80.8 Å². The van der Waals surface area contributed by atoms with E-state index in [0.717, 1.165) is 17.1 Å². The Kier molecular flexibility index (Phi) is 1.96. The number of aromatic amines is 1. The quantitative estimate of drug-likeness (QED) is 0.678. The molecule has 72 valence electrons. The third-order valence-electron chi connectivity index (χ3n) is 2.01. The minimum absolute atomic E-state index is 0.148. The highest BCUT2D eigenvalue weighted by molar-refractivity contribution is 5.63. The van der Waals surface area contributed by atoms with Crippen molar-refractivity contribution >= 4 is 5.69 Å². The molecule has 4 heteroatoms. The van der Waals surface area contributed by atoms with Crippen LogP contribution in [0.5, 0.6) is 0 Å². The first-order valence-electron chi connectivity index (χ1n) is 4.24. The minimum Gasteiger partial charge on any atom is -0.396 e. The molecule has 1 heterocycles. The van der Waals surface area contributed by atoms with Crippen LogP contribution >= 0.6 is 0 Å². The first-order valence-corrected chi connectivity index (χ1v) is 4.24. The first kappa shape index (κ1) is 8.74. The van der Waals surface area contributed by atoms with Crippen molar-refractivity contribution in [1.29, 1.82) is 0 Å². The molecule has 0 radical (unpaired) electrons. The number of anilines is 1. The van der Waals surface area contributed by atoms with E-state index in [2.05, 4.69) is 9.97 Å². The van der Waals surface area contributed by atoms with Crippen molar-refractivity contribution in [2.24, 2.45) is 0 Å². The number of imidazole rings is 1. The number of nitrogens with zero attached hydrogens (tertiary/aromatic N) is 1. The molecule has 3 nitrogen and oxygen atoms in total. The molecule has 0 fully saturated rings. The number of nitrogen functional groups attached to an aromatic ring is 1. The van der Waals surface area contributed by atoms with Gasteiger partial charge in [-0.3, -0.25) is 0 Å². The van der Waals surface area contributed by atoms with Crippen molar-refractivity contribution < 1.29 is 4.39 Å². The molecule has 0 aliphatic rings. The van der Waals surface area contributed by atoms with Gasteiger partial charge in [0.15, 0.2) is 0 Å². The summed E-state index contributed by atoms with van der Waals surface area (Å²) >= 11 is 0. The number of hydrogen-bond donors (Lipinski definition) is 2. The monoisotopic (exact) mass is 191 g/mol. The molecule has 14 heavy (non-hydrogen) atoms. The highest BCUT2D eigenvalue weighted by atomic mass is 19.1. The Morgan fingerprint density at radius 3 is 2.79 bits per heavy atom. The summed E-state index contributed by atoms with van der Waals surface area (Å²) in [6, 6.07) is 4.60. The van der Waals surface area contributed by atoms with Crippen molar-refractivity contribution in [2.75, 3.05) is 5.73 Å². The Hall–Kier alpha value is -1.84. The van der Waals surface area contributed by atoms with Crippen molar-refractivity contribution in [2.45, 2.75) is 6.92 Å². The van der Waals surface area contributed by atoms with Crippen molar-refractivity contribution in [3.8, 4) is 11.3 Å². The van der Waals surface area contributed by atoms with E-state index in [4.69, 9.17) is 5.73 Å². The molecule has 0 aliphatic carbocycles.